The van der Waals surface area contributed by atoms with E-state index in [2.05, 4.69) is 0 Å². The maximum absolute atomic E-state index is 8.70. The lowest BCUT2D eigenvalue weighted by molar-refractivity contribution is 0.476. The fourth-order valence-electron chi connectivity index (χ4n) is 1.17. The van der Waals surface area contributed by atoms with Gasteiger partial charge < -0.3 is 5.73 Å². The number of nitrogens with zero attached hydrogens (tertiary/aromatic N) is 1. The second-order valence-electron chi connectivity index (χ2n) is 3.58. The van der Waals surface area contributed by atoms with Crippen LogP contribution in [-0.4, -0.2) is 0 Å². The van der Waals surface area contributed by atoms with E-state index < -0.39 is 0 Å². The van der Waals surface area contributed by atoms with E-state index in [1.165, 1.54) is 0 Å². The van der Waals surface area contributed by atoms with Crippen LogP contribution in [0.15, 0.2) is 18.2 Å². The van der Waals surface area contributed by atoms with E-state index in [9.17, 15) is 0 Å². The van der Waals surface area contributed by atoms with Crippen molar-refractivity contribution in [2.75, 3.05) is 0 Å². The largest absolute Gasteiger partial charge is 0.322 e. The van der Waals surface area contributed by atoms with Crippen molar-refractivity contribution in [2.24, 2.45) is 5.73 Å². The van der Waals surface area contributed by atoms with Crippen LogP contribution in [0.4, 0.5) is 0 Å². The van der Waals surface area contributed by atoms with Crippen LogP contribution in [0.5, 0.6) is 0 Å². The zero-order valence-corrected chi connectivity index (χ0v) is 9.10. The molecule has 74 valence electrons. The van der Waals surface area contributed by atoms with Crippen LogP contribution in [0.25, 0.3) is 0 Å². The van der Waals surface area contributed by atoms with E-state index in [-0.39, 0.29) is 5.54 Å². The average molecular weight is 209 g/mol. The Morgan fingerprint density at radius 2 is 2.21 bits per heavy atom. The maximum Gasteiger partial charge on any atom is 0.101 e. The minimum atomic E-state index is -0.377. The average Bonchev–Trinajstić information content (AvgIpc) is 2.17. The first kappa shape index (κ1) is 11.0. The third-order valence-electron chi connectivity index (χ3n) is 2.48. The van der Waals surface area contributed by atoms with Gasteiger partial charge in [0, 0.05) is 5.54 Å². The van der Waals surface area contributed by atoms with Gasteiger partial charge in [-0.1, -0.05) is 24.6 Å². The van der Waals surface area contributed by atoms with Gasteiger partial charge in [-0.3, -0.25) is 0 Å². The smallest absolute Gasteiger partial charge is 0.101 e. The second kappa shape index (κ2) is 4.00. The van der Waals surface area contributed by atoms with Gasteiger partial charge >= 0.3 is 0 Å². The number of benzene rings is 1. The van der Waals surface area contributed by atoms with Gasteiger partial charge in [0.05, 0.1) is 10.6 Å². The molecule has 3 heteroatoms. The molecule has 1 aromatic rings. The minimum Gasteiger partial charge on any atom is -0.322 e. The molecule has 0 aliphatic rings. The molecule has 1 aromatic carbocycles. The molecule has 0 bridgehead atoms. The first-order valence-electron chi connectivity index (χ1n) is 4.50. The fraction of sp³-hybridized carbons (Fsp3) is 0.364. The molecule has 0 heterocycles. The van der Waals surface area contributed by atoms with Crippen LogP contribution in [0.2, 0.25) is 5.02 Å². The molecule has 0 fully saturated rings. The first-order chi connectivity index (χ1) is 6.51. The summed E-state index contributed by atoms with van der Waals surface area (Å²) in [6.07, 6.45) is 0.829. The summed E-state index contributed by atoms with van der Waals surface area (Å²) in [6.45, 7) is 3.97. The molecule has 1 atom stereocenters. The Morgan fingerprint density at radius 1 is 1.57 bits per heavy atom. The predicted octanol–water partition coefficient (Wildman–Crippen LogP) is 2.80. The lowest BCUT2D eigenvalue weighted by atomic mass is 9.90. The molecule has 0 saturated heterocycles. The van der Waals surface area contributed by atoms with E-state index in [1.807, 2.05) is 26.0 Å². The highest BCUT2D eigenvalue weighted by Gasteiger charge is 2.19. The van der Waals surface area contributed by atoms with E-state index in [0.717, 1.165) is 12.0 Å². The normalized spacial score (nSPS) is 14.5. The lowest BCUT2D eigenvalue weighted by Crippen LogP contribution is -2.31. The van der Waals surface area contributed by atoms with Crippen LogP contribution >= 0.6 is 11.6 Å². The summed E-state index contributed by atoms with van der Waals surface area (Å²) in [7, 11) is 0. The summed E-state index contributed by atoms with van der Waals surface area (Å²) in [5.41, 5.74) is 7.13. The molecule has 0 aliphatic heterocycles. The molecule has 14 heavy (non-hydrogen) atoms. The van der Waals surface area contributed by atoms with Gasteiger partial charge in [0.2, 0.25) is 0 Å². The predicted molar refractivity (Wildman–Crippen MR) is 58.0 cm³/mol. The van der Waals surface area contributed by atoms with Crippen molar-refractivity contribution in [3.05, 3.63) is 34.3 Å². The Kier molecular flexibility index (Phi) is 3.15. The van der Waals surface area contributed by atoms with Crippen molar-refractivity contribution in [1.82, 2.24) is 0 Å². The summed E-state index contributed by atoms with van der Waals surface area (Å²) in [5, 5.41) is 9.17. The molecule has 0 amide bonds. The van der Waals surface area contributed by atoms with Gasteiger partial charge in [-0.15, -0.1) is 0 Å². The summed E-state index contributed by atoms with van der Waals surface area (Å²) in [5.74, 6) is 0. The third-order valence-corrected chi connectivity index (χ3v) is 2.80. The summed E-state index contributed by atoms with van der Waals surface area (Å²) >= 11 is 5.91. The lowest BCUT2D eigenvalue weighted by Gasteiger charge is -2.23. The zero-order chi connectivity index (χ0) is 10.8. The van der Waals surface area contributed by atoms with E-state index in [0.29, 0.717) is 10.6 Å². The highest BCUT2D eigenvalue weighted by molar-refractivity contribution is 6.31. The van der Waals surface area contributed by atoms with Crippen LogP contribution < -0.4 is 5.73 Å². The molecular formula is C11H13ClN2. The van der Waals surface area contributed by atoms with Crippen molar-refractivity contribution in [2.45, 2.75) is 25.8 Å². The maximum atomic E-state index is 8.70. The quantitative estimate of drug-likeness (QED) is 0.813. The van der Waals surface area contributed by atoms with E-state index in [4.69, 9.17) is 22.6 Å². The van der Waals surface area contributed by atoms with Crippen molar-refractivity contribution in [3.63, 3.8) is 0 Å². The van der Waals surface area contributed by atoms with Gasteiger partial charge in [-0.25, -0.2) is 0 Å². The Hall–Kier alpha value is -1.04. The van der Waals surface area contributed by atoms with Crippen LogP contribution in [0.3, 0.4) is 0 Å². The molecule has 0 saturated carbocycles. The molecule has 2 N–H and O–H groups in total. The summed E-state index contributed by atoms with van der Waals surface area (Å²) in [4.78, 5) is 0. The van der Waals surface area contributed by atoms with Crippen LogP contribution in [0, 0.1) is 11.3 Å². The molecule has 1 rings (SSSR count). The molecule has 0 radical (unpaired) electrons. The highest BCUT2D eigenvalue weighted by atomic mass is 35.5. The van der Waals surface area contributed by atoms with Crippen molar-refractivity contribution >= 4 is 11.6 Å². The second-order valence-corrected chi connectivity index (χ2v) is 3.98. The van der Waals surface area contributed by atoms with Crippen molar-refractivity contribution in [3.8, 4) is 6.07 Å². The monoisotopic (exact) mass is 208 g/mol. The molecular weight excluding hydrogens is 196 g/mol. The highest BCUT2D eigenvalue weighted by Crippen LogP contribution is 2.25. The standard InChI is InChI=1S/C11H13ClN2/c1-3-11(2,14)9-5-4-8(7-13)10(12)6-9/h4-6H,3,14H2,1-2H3. The fourth-order valence-corrected chi connectivity index (χ4v) is 1.39. The van der Waals surface area contributed by atoms with Gasteiger partial charge in [-0.05, 0) is 31.0 Å². The Bertz CT molecular complexity index is 377. The molecule has 1 unspecified atom stereocenters. The number of nitriles is 1. The molecule has 2 nitrogen and oxygen atoms in total. The van der Waals surface area contributed by atoms with Crippen molar-refractivity contribution in [1.29, 1.82) is 5.26 Å². The van der Waals surface area contributed by atoms with Crippen LogP contribution in [-0.2, 0) is 5.54 Å². The van der Waals surface area contributed by atoms with Gasteiger partial charge in [-0.2, -0.15) is 5.26 Å². The number of hydrogen-bond donors (Lipinski definition) is 1. The van der Waals surface area contributed by atoms with Gasteiger partial charge in [0.25, 0.3) is 0 Å². The summed E-state index contributed by atoms with van der Waals surface area (Å²) < 4.78 is 0. The summed E-state index contributed by atoms with van der Waals surface area (Å²) in [6, 6.07) is 7.35. The van der Waals surface area contributed by atoms with Crippen LogP contribution in [0.1, 0.15) is 31.4 Å². The Labute approximate surface area is 89.3 Å². The van der Waals surface area contributed by atoms with E-state index in [1.54, 1.807) is 12.1 Å². The van der Waals surface area contributed by atoms with Crippen molar-refractivity contribution < 1.29 is 0 Å². The van der Waals surface area contributed by atoms with Gasteiger partial charge in [0.1, 0.15) is 6.07 Å². The first-order valence-corrected chi connectivity index (χ1v) is 4.88. The Balaban J connectivity index is 3.17. The zero-order valence-electron chi connectivity index (χ0n) is 8.34. The van der Waals surface area contributed by atoms with E-state index >= 15 is 0 Å². The third kappa shape index (κ3) is 2.06. The van der Waals surface area contributed by atoms with Gasteiger partial charge in [0.15, 0.2) is 0 Å². The number of halogens is 1. The molecule has 0 aliphatic carbocycles. The number of rotatable bonds is 2. The minimum absolute atomic E-state index is 0.377. The SMILES string of the molecule is CCC(C)(N)c1ccc(C#N)c(Cl)c1. The molecule has 0 aromatic heterocycles. The Morgan fingerprint density at radius 3 is 2.64 bits per heavy atom. The number of nitrogens with two attached hydrogens (primary N) is 1. The number of hydrogen-bond acceptors (Lipinski definition) is 2. The molecule has 0 spiro atoms. The topological polar surface area (TPSA) is 49.8 Å².